The number of pyridine rings is 1. The number of carbonyl (C=O) groups excluding carboxylic acids is 1. The number of rotatable bonds is 4. The molecule has 3 heterocycles. The zero-order valence-electron chi connectivity index (χ0n) is 14.6. The van der Waals surface area contributed by atoms with Gasteiger partial charge in [-0.1, -0.05) is 18.9 Å². The summed E-state index contributed by atoms with van der Waals surface area (Å²) >= 11 is 0. The maximum Gasteiger partial charge on any atom is 0.237 e. The lowest BCUT2D eigenvalue weighted by atomic mass is 9.85. The summed E-state index contributed by atoms with van der Waals surface area (Å²) < 4.78 is 1.94. The molecule has 1 saturated heterocycles. The molecule has 2 N–H and O–H groups in total. The van der Waals surface area contributed by atoms with Crippen molar-refractivity contribution in [1.29, 1.82) is 0 Å². The summed E-state index contributed by atoms with van der Waals surface area (Å²) in [6, 6.07) is 4.47. The number of nitrogens with one attached hydrogen (secondary N) is 2. The fourth-order valence-corrected chi connectivity index (χ4v) is 4.12. The van der Waals surface area contributed by atoms with Crippen molar-refractivity contribution in [2.45, 2.75) is 57.7 Å². The second-order valence-electron chi connectivity index (χ2n) is 7.19. The quantitative estimate of drug-likeness (QED) is 0.895. The Morgan fingerprint density at radius 1 is 1.32 bits per heavy atom. The molecule has 0 aromatic carbocycles. The smallest absolute Gasteiger partial charge is 0.237 e. The Labute approximate surface area is 148 Å². The SMILES string of the molecule is Cc1nccn1-c1ccc(CNC(=O)C2CC3CCCCC3N2)cn1. The van der Waals surface area contributed by atoms with Crippen LogP contribution in [0.3, 0.4) is 0 Å². The molecule has 132 valence electrons. The molecule has 1 aliphatic carbocycles. The van der Waals surface area contributed by atoms with Crippen molar-refractivity contribution >= 4 is 5.91 Å². The largest absolute Gasteiger partial charge is 0.351 e. The second-order valence-corrected chi connectivity index (χ2v) is 7.19. The molecule has 4 rings (SSSR count). The number of fused-ring (bicyclic) bond motifs is 1. The Morgan fingerprint density at radius 3 is 2.92 bits per heavy atom. The molecule has 6 heteroatoms. The molecule has 3 atom stereocenters. The zero-order valence-corrected chi connectivity index (χ0v) is 14.6. The average Bonchev–Trinajstić information content (AvgIpc) is 3.26. The van der Waals surface area contributed by atoms with E-state index in [-0.39, 0.29) is 11.9 Å². The van der Waals surface area contributed by atoms with Crippen LogP contribution in [0.15, 0.2) is 30.7 Å². The second kappa shape index (κ2) is 6.96. The molecular weight excluding hydrogens is 314 g/mol. The summed E-state index contributed by atoms with van der Waals surface area (Å²) in [5.41, 5.74) is 1.00. The molecular formula is C19H25N5O. The van der Waals surface area contributed by atoms with Crippen LogP contribution in [-0.4, -0.2) is 32.5 Å². The lowest BCUT2D eigenvalue weighted by Gasteiger charge is -2.24. The Balaban J connectivity index is 1.32. The molecule has 6 nitrogen and oxygen atoms in total. The predicted molar refractivity (Wildman–Crippen MR) is 95.2 cm³/mol. The molecule has 2 fully saturated rings. The first kappa shape index (κ1) is 16.3. The third-order valence-electron chi connectivity index (χ3n) is 5.53. The number of hydrogen-bond acceptors (Lipinski definition) is 4. The first-order chi connectivity index (χ1) is 12.2. The highest BCUT2D eigenvalue weighted by molar-refractivity contribution is 5.82. The summed E-state index contributed by atoms with van der Waals surface area (Å²) in [5, 5.41) is 6.58. The average molecular weight is 339 g/mol. The normalized spacial score (nSPS) is 25.6. The molecule has 1 amide bonds. The van der Waals surface area contributed by atoms with Crippen LogP contribution in [0.2, 0.25) is 0 Å². The van der Waals surface area contributed by atoms with Crippen LogP contribution >= 0.6 is 0 Å². The van der Waals surface area contributed by atoms with Crippen LogP contribution in [0, 0.1) is 12.8 Å². The van der Waals surface area contributed by atoms with Gasteiger partial charge in [0, 0.05) is 31.2 Å². The third-order valence-corrected chi connectivity index (χ3v) is 5.53. The van der Waals surface area contributed by atoms with E-state index in [9.17, 15) is 4.79 Å². The minimum absolute atomic E-state index is 0.0334. The van der Waals surface area contributed by atoms with E-state index in [1.807, 2.05) is 36.0 Å². The lowest BCUT2D eigenvalue weighted by molar-refractivity contribution is -0.123. The summed E-state index contributed by atoms with van der Waals surface area (Å²) in [5.74, 6) is 2.54. The standard InChI is InChI=1S/C19H25N5O/c1-13-20-8-9-24(13)18-7-6-14(11-21-18)12-22-19(25)17-10-15-4-2-3-5-16(15)23-17/h6-9,11,15-17,23H,2-5,10,12H2,1H3,(H,22,25). The summed E-state index contributed by atoms with van der Waals surface area (Å²) in [6.45, 7) is 2.46. The van der Waals surface area contributed by atoms with E-state index in [0.29, 0.717) is 18.5 Å². The monoisotopic (exact) mass is 339 g/mol. The fourth-order valence-electron chi connectivity index (χ4n) is 4.12. The van der Waals surface area contributed by atoms with E-state index in [2.05, 4.69) is 20.6 Å². The fraction of sp³-hybridized carbons (Fsp3) is 0.526. The minimum Gasteiger partial charge on any atom is -0.351 e. The lowest BCUT2D eigenvalue weighted by Crippen LogP contribution is -2.42. The highest BCUT2D eigenvalue weighted by Crippen LogP contribution is 2.33. The van der Waals surface area contributed by atoms with Crippen molar-refractivity contribution in [1.82, 2.24) is 25.2 Å². The molecule has 0 bridgehead atoms. The van der Waals surface area contributed by atoms with Crippen molar-refractivity contribution in [2.75, 3.05) is 0 Å². The first-order valence-corrected chi connectivity index (χ1v) is 9.20. The van der Waals surface area contributed by atoms with Crippen molar-refractivity contribution in [3.05, 3.63) is 42.1 Å². The van der Waals surface area contributed by atoms with Gasteiger partial charge in [0.25, 0.3) is 0 Å². The Bertz CT molecular complexity index is 725. The number of imidazole rings is 1. The maximum atomic E-state index is 12.5. The molecule has 0 radical (unpaired) electrons. The van der Waals surface area contributed by atoms with Gasteiger partial charge in [0.1, 0.15) is 11.6 Å². The third kappa shape index (κ3) is 3.44. The first-order valence-electron chi connectivity index (χ1n) is 9.20. The topological polar surface area (TPSA) is 71.8 Å². The van der Waals surface area contributed by atoms with Crippen molar-refractivity contribution in [2.24, 2.45) is 5.92 Å². The molecule has 3 unspecified atom stereocenters. The van der Waals surface area contributed by atoms with Gasteiger partial charge < -0.3 is 10.6 Å². The molecule has 2 aliphatic rings. The molecule has 25 heavy (non-hydrogen) atoms. The maximum absolute atomic E-state index is 12.5. The number of carbonyl (C=O) groups is 1. The minimum atomic E-state index is -0.0334. The van der Waals surface area contributed by atoms with Crippen LogP contribution in [0.25, 0.3) is 5.82 Å². The van der Waals surface area contributed by atoms with Gasteiger partial charge in [0.05, 0.1) is 6.04 Å². The molecule has 2 aromatic rings. The van der Waals surface area contributed by atoms with Crippen LogP contribution in [-0.2, 0) is 11.3 Å². The van der Waals surface area contributed by atoms with Crippen LogP contribution in [0.1, 0.15) is 43.5 Å². The number of amides is 1. The highest BCUT2D eigenvalue weighted by Gasteiger charge is 2.37. The van der Waals surface area contributed by atoms with Gasteiger partial charge in [0.15, 0.2) is 0 Å². The van der Waals surface area contributed by atoms with Gasteiger partial charge in [-0.25, -0.2) is 9.97 Å². The van der Waals surface area contributed by atoms with Crippen LogP contribution in [0.4, 0.5) is 0 Å². The molecule has 1 saturated carbocycles. The van der Waals surface area contributed by atoms with E-state index in [1.54, 1.807) is 6.20 Å². The van der Waals surface area contributed by atoms with Gasteiger partial charge in [-0.2, -0.15) is 0 Å². The Morgan fingerprint density at radius 2 is 2.20 bits per heavy atom. The zero-order chi connectivity index (χ0) is 17.2. The number of hydrogen-bond donors (Lipinski definition) is 2. The van der Waals surface area contributed by atoms with Crippen molar-refractivity contribution < 1.29 is 4.79 Å². The van der Waals surface area contributed by atoms with Gasteiger partial charge in [0.2, 0.25) is 5.91 Å². The van der Waals surface area contributed by atoms with Gasteiger partial charge >= 0.3 is 0 Å². The van der Waals surface area contributed by atoms with E-state index in [0.717, 1.165) is 23.6 Å². The number of nitrogens with zero attached hydrogens (tertiary/aromatic N) is 3. The van der Waals surface area contributed by atoms with E-state index in [4.69, 9.17) is 0 Å². The predicted octanol–water partition coefficient (Wildman–Crippen LogP) is 2.11. The van der Waals surface area contributed by atoms with Gasteiger partial charge in [-0.15, -0.1) is 0 Å². The Kier molecular flexibility index (Phi) is 4.53. The van der Waals surface area contributed by atoms with Crippen molar-refractivity contribution in [3.8, 4) is 5.82 Å². The van der Waals surface area contributed by atoms with Gasteiger partial charge in [-0.3, -0.25) is 9.36 Å². The van der Waals surface area contributed by atoms with E-state index >= 15 is 0 Å². The molecule has 0 spiro atoms. The van der Waals surface area contributed by atoms with Crippen LogP contribution in [0.5, 0.6) is 0 Å². The number of aromatic nitrogens is 3. The summed E-state index contributed by atoms with van der Waals surface area (Å²) in [6.07, 6.45) is 11.5. The van der Waals surface area contributed by atoms with Crippen molar-refractivity contribution in [3.63, 3.8) is 0 Å². The van der Waals surface area contributed by atoms with Gasteiger partial charge in [-0.05, 0) is 43.7 Å². The summed E-state index contributed by atoms with van der Waals surface area (Å²) in [7, 11) is 0. The molecule has 1 aliphatic heterocycles. The van der Waals surface area contributed by atoms with E-state index in [1.165, 1.54) is 25.7 Å². The molecule has 2 aromatic heterocycles. The summed E-state index contributed by atoms with van der Waals surface area (Å²) in [4.78, 5) is 21.1. The highest BCUT2D eigenvalue weighted by atomic mass is 16.2. The van der Waals surface area contributed by atoms with Crippen LogP contribution < -0.4 is 10.6 Å². The Hall–Kier alpha value is -2.21. The van der Waals surface area contributed by atoms with E-state index < -0.39 is 0 Å². The number of aryl methyl sites for hydroxylation is 1.